The van der Waals surface area contributed by atoms with E-state index in [1.165, 1.54) is 17.4 Å². The van der Waals surface area contributed by atoms with Crippen LogP contribution in [-0.4, -0.2) is 34.3 Å². The molecular weight excluding hydrogens is 401 g/mol. The van der Waals surface area contributed by atoms with Crippen molar-refractivity contribution in [3.63, 3.8) is 0 Å². The van der Waals surface area contributed by atoms with Crippen molar-refractivity contribution in [3.05, 3.63) is 77.1 Å². The van der Waals surface area contributed by atoms with Crippen LogP contribution >= 0.6 is 11.3 Å². The van der Waals surface area contributed by atoms with E-state index < -0.39 is 11.9 Å². The Morgan fingerprint density at radius 2 is 1.90 bits per heavy atom. The lowest BCUT2D eigenvalue weighted by Gasteiger charge is -2.24. The molecule has 1 aliphatic rings. The largest absolute Gasteiger partial charge is 0.349 e. The monoisotopic (exact) mass is 423 g/mol. The van der Waals surface area contributed by atoms with E-state index in [9.17, 15) is 14.0 Å². The molecule has 2 aromatic carbocycles. The first-order valence-corrected chi connectivity index (χ1v) is 10.8. The molecule has 1 aromatic heterocycles. The molecule has 1 fully saturated rings. The minimum absolute atomic E-state index is 0.0387. The van der Waals surface area contributed by atoms with Gasteiger partial charge in [-0.15, -0.1) is 11.3 Å². The maximum atomic E-state index is 13.9. The Morgan fingerprint density at radius 1 is 1.13 bits per heavy atom. The Bertz CT molecular complexity index is 1040. The molecule has 0 radical (unpaired) electrons. The SMILES string of the molecule is O=C(NCc1csc(-c2ccccc2)n1)C1CCCN1C(=O)Cc1ccccc1F. The van der Waals surface area contributed by atoms with Crippen LogP contribution in [0.3, 0.4) is 0 Å². The predicted molar refractivity (Wildman–Crippen MR) is 114 cm³/mol. The maximum absolute atomic E-state index is 13.9. The minimum Gasteiger partial charge on any atom is -0.349 e. The molecule has 1 aliphatic heterocycles. The molecule has 2 amide bonds. The van der Waals surface area contributed by atoms with Crippen molar-refractivity contribution < 1.29 is 14.0 Å². The van der Waals surface area contributed by atoms with Gasteiger partial charge < -0.3 is 10.2 Å². The molecule has 3 aromatic rings. The van der Waals surface area contributed by atoms with Gasteiger partial charge in [-0.25, -0.2) is 9.37 Å². The predicted octanol–water partition coefficient (Wildman–Crippen LogP) is 3.80. The van der Waals surface area contributed by atoms with Crippen LogP contribution in [0.2, 0.25) is 0 Å². The van der Waals surface area contributed by atoms with Gasteiger partial charge in [0.25, 0.3) is 0 Å². The molecule has 1 unspecified atom stereocenters. The fourth-order valence-corrected chi connectivity index (χ4v) is 4.47. The van der Waals surface area contributed by atoms with E-state index in [0.29, 0.717) is 25.1 Å². The molecule has 1 N–H and O–H groups in total. The van der Waals surface area contributed by atoms with E-state index >= 15 is 0 Å². The highest BCUT2D eigenvalue weighted by Crippen LogP contribution is 2.24. The van der Waals surface area contributed by atoms with Gasteiger partial charge in [0.1, 0.15) is 16.9 Å². The zero-order valence-electron chi connectivity index (χ0n) is 16.4. The second-order valence-electron chi connectivity index (χ2n) is 7.24. The highest BCUT2D eigenvalue weighted by molar-refractivity contribution is 7.13. The first kappa shape index (κ1) is 20.2. The lowest BCUT2D eigenvalue weighted by atomic mass is 10.1. The fourth-order valence-electron chi connectivity index (χ4n) is 3.64. The lowest BCUT2D eigenvalue weighted by Crippen LogP contribution is -2.46. The van der Waals surface area contributed by atoms with Crippen LogP contribution in [0.4, 0.5) is 4.39 Å². The van der Waals surface area contributed by atoms with Crippen molar-refractivity contribution in [2.45, 2.75) is 31.8 Å². The van der Waals surface area contributed by atoms with Crippen LogP contribution in [0.1, 0.15) is 24.1 Å². The summed E-state index contributed by atoms with van der Waals surface area (Å²) in [5.74, 6) is -0.815. The molecule has 2 heterocycles. The van der Waals surface area contributed by atoms with E-state index in [4.69, 9.17) is 0 Å². The van der Waals surface area contributed by atoms with Crippen molar-refractivity contribution >= 4 is 23.2 Å². The van der Waals surface area contributed by atoms with Crippen molar-refractivity contribution in [2.24, 2.45) is 0 Å². The van der Waals surface area contributed by atoms with Crippen molar-refractivity contribution in [1.82, 2.24) is 15.2 Å². The Kier molecular flexibility index (Phi) is 6.18. The van der Waals surface area contributed by atoms with E-state index in [2.05, 4.69) is 10.3 Å². The summed E-state index contributed by atoms with van der Waals surface area (Å²) in [6.45, 7) is 0.828. The minimum atomic E-state index is -0.517. The normalized spacial score (nSPS) is 15.9. The molecule has 154 valence electrons. The smallest absolute Gasteiger partial charge is 0.243 e. The van der Waals surface area contributed by atoms with Crippen LogP contribution in [0.15, 0.2) is 60.0 Å². The van der Waals surface area contributed by atoms with E-state index in [-0.39, 0.29) is 18.2 Å². The topological polar surface area (TPSA) is 62.3 Å². The Hall–Kier alpha value is -3.06. The summed E-state index contributed by atoms with van der Waals surface area (Å²) in [6, 6.07) is 15.6. The van der Waals surface area contributed by atoms with E-state index in [1.54, 1.807) is 23.1 Å². The Morgan fingerprint density at radius 3 is 2.70 bits per heavy atom. The number of carbonyl (C=O) groups excluding carboxylic acids is 2. The number of rotatable bonds is 6. The quantitative estimate of drug-likeness (QED) is 0.656. The number of carbonyl (C=O) groups is 2. The summed E-state index contributed by atoms with van der Waals surface area (Å²) < 4.78 is 13.9. The average Bonchev–Trinajstić information content (AvgIpc) is 3.44. The summed E-state index contributed by atoms with van der Waals surface area (Å²) in [5.41, 5.74) is 2.18. The van der Waals surface area contributed by atoms with Gasteiger partial charge in [-0.1, -0.05) is 48.5 Å². The molecule has 1 atom stereocenters. The van der Waals surface area contributed by atoms with Gasteiger partial charge in [-0.2, -0.15) is 0 Å². The molecule has 0 spiro atoms. The number of hydrogen-bond acceptors (Lipinski definition) is 4. The molecule has 30 heavy (non-hydrogen) atoms. The molecule has 0 saturated carbocycles. The second kappa shape index (κ2) is 9.17. The molecular formula is C23H22FN3O2S. The highest BCUT2D eigenvalue weighted by Gasteiger charge is 2.34. The van der Waals surface area contributed by atoms with Gasteiger partial charge in [0.15, 0.2) is 0 Å². The third-order valence-electron chi connectivity index (χ3n) is 5.19. The maximum Gasteiger partial charge on any atom is 0.243 e. The van der Waals surface area contributed by atoms with Gasteiger partial charge in [-0.3, -0.25) is 9.59 Å². The number of aromatic nitrogens is 1. The average molecular weight is 424 g/mol. The molecule has 5 nitrogen and oxygen atoms in total. The molecule has 7 heteroatoms. The third-order valence-corrected chi connectivity index (χ3v) is 6.13. The summed E-state index contributed by atoms with van der Waals surface area (Å²) in [5, 5.41) is 5.74. The number of thiazole rings is 1. The molecule has 0 bridgehead atoms. The van der Waals surface area contributed by atoms with Crippen LogP contribution in [0.25, 0.3) is 10.6 Å². The van der Waals surface area contributed by atoms with Crippen molar-refractivity contribution in [1.29, 1.82) is 0 Å². The van der Waals surface area contributed by atoms with Gasteiger partial charge in [-0.05, 0) is 24.5 Å². The van der Waals surface area contributed by atoms with Gasteiger partial charge in [0, 0.05) is 17.5 Å². The van der Waals surface area contributed by atoms with Crippen molar-refractivity contribution in [3.8, 4) is 10.6 Å². The number of benzene rings is 2. The number of halogens is 1. The van der Waals surface area contributed by atoms with E-state index in [1.807, 2.05) is 35.7 Å². The first-order valence-electron chi connectivity index (χ1n) is 9.92. The number of nitrogens with one attached hydrogen (secondary N) is 1. The van der Waals surface area contributed by atoms with Crippen molar-refractivity contribution in [2.75, 3.05) is 6.54 Å². The Balaban J connectivity index is 1.35. The summed E-state index contributed by atoms with van der Waals surface area (Å²) >= 11 is 1.53. The first-order chi connectivity index (χ1) is 14.6. The van der Waals surface area contributed by atoms with Crippen LogP contribution in [0.5, 0.6) is 0 Å². The summed E-state index contributed by atoms with van der Waals surface area (Å²) in [4.78, 5) is 31.6. The standard InChI is InChI=1S/C23H22FN3O2S/c24-19-10-5-4-9-17(19)13-21(28)27-12-6-11-20(27)22(29)25-14-18-15-30-23(26-18)16-7-2-1-3-8-16/h1-5,7-10,15,20H,6,11-14H2,(H,25,29). The van der Waals surface area contributed by atoms with Gasteiger partial charge in [0.2, 0.25) is 11.8 Å². The number of hydrogen-bond donors (Lipinski definition) is 1. The number of amides is 2. The molecule has 0 aliphatic carbocycles. The number of likely N-dealkylation sites (tertiary alicyclic amines) is 1. The number of nitrogens with zero attached hydrogens (tertiary/aromatic N) is 2. The van der Waals surface area contributed by atoms with E-state index in [0.717, 1.165) is 22.7 Å². The summed E-state index contributed by atoms with van der Waals surface area (Å²) in [6.07, 6.45) is 1.33. The zero-order chi connectivity index (χ0) is 20.9. The van der Waals surface area contributed by atoms with Crippen LogP contribution in [0, 0.1) is 5.82 Å². The van der Waals surface area contributed by atoms with Crippen LogP contribution in [-0.2, 0) is 22.6 Å². The highest BCUT2D eigenvalue weighted by atomic mass is 32.1. The van der Waals surface area contributed by atoms with Crippen LogP contribution < -0.4 is 5.32 Å². The zero-order valence-corrected chi connectivity index (χ0v) is 17.2. The second-order valence-corrected chi connectivity index (χ2v) is 8.10. The third kappa shape index (κ3) is 4.57. The Labute approximate surface area is 178 Å². The lowest BCUT2D eigenvalue weighted by molar-refractivity contribution is -0.138. The molecule has 4 rings (SSSR count). The fraction of sp³-hybridized carbons (Fsp3) is 0.261. The molecule has 1 saturated heterocycles. The summed E-state index contributed by atoms with van der Waals surface area (Å²) in [7, 11) is 0. The van der Waals surface area contributed by atoms with Gasteiger partial charge >= 0.3 is 0 Å². The van der Waals surface area contributed by atoms with Gasteiger partial charge in [0.05, 0.1) is 18.7 Å².